The molecule has 0 saturated carbocycles. The van der Waals surface area contributed by atoms with Crippen molar-refractivity contribution in [1.82, 2.24) is 0 Å². The Labute approximate surface area is 120 Å². The number of halogens is 3. The van der Waals surface area contributed by atoms with Crippen LogP contribution in [0.4, 0.5) is 4.39 Å². The Morgan fingerprint density at radius 1 is 1.17 bits per heavy atom. The summed E-state index contributed by atoms with van der Waals surface area (Å²) in [6, 6.07) is 12.6. The first-order valence-corrected chi connectivity index (χ1v) is 6.94. The minimum absolute atomic E-state index is 0.0951. The van der Waals surface area contributed by atoms with Gasteiger partial charge in [0.1, 0.15) is 5.82 Å². The number of aryl methyl sites for hydroxylation is 1. The summed E-state index contributed by atoms with van der Waals surface area (Å²) in [6.07, 6.45) is 0.697. The molecule has 0 aromatic heterocycles. The van der Waals surface area contributed by atoms with Crippen molar-refractivity contribution in [3.63, 3.8) is 0 Å². The summed E-state index contributed by atoms with van der Waals surface area (Å²) >= 11 is 9.86. The molecule has 0 aliphatic heterocycles. The first-order chi connectivity index (χ1) is 8.56. The van der Waals surface area contributed by atoms with E-state index in [1.807, 2.05) is 19.1 Å². The largest absolute Gasteiger partial charge is 0.207 e. The monoisotopic (exact) mass is 326 g/mol. The Morgan fingerprint density at radius 3 is 2.44 bits per heavy atom. The molecule has 0 nitrogen and oxygen atoms in total. The van der Waals surface area contributed by atoms with Crippen molar-refractivity contribution in [1.29, 1.82) is 0 Å². The second-order valence-electron chi connectivity index (χ2n) is 4.31. The maximum Gasteiger partial charge on any atom is 0.123 e. The van der Waals surface area contributed by atoms with Crippen molar-refractivity contribution in [2.45, 2.75) is 18.7 Å². The van der Waals surface area contributed by atoms with Crippen LogP contribution in [0, 0.1) is 12.7 Å². The van der Waals surface area contributed by atoms with E-state index in [1.165, 1.54) is 12.1 Å². The highest BCUT2D eigenvalue weighted by Crippen LogP contribution is 2.28. The summed E-state index contributed by atoms with van der Waals surface area (Å²) in [4.78, 5) is 0. The van der Waals surface area contributed by atoms with E-state index in [2.05, 4.69) is 22.0 Å². The van der Waals surface area contributed by atoms with E-state index in [0.717, 1.165) is 21.2 Å². The second kappa shape index (κ2) is 5.85. The molecule has 94 valence electrons. The standard InChI is InChI=1S/C15H13BrClF/c1-10-8-12(4-7-14(10)16)15(17)9-11-2-5-13(18)6-3-11/h2-8,15H,9H2,1H3. The molecule has 0 bridgehead atoms. The van der Waals surface area contributed by atoms with E-state index in [-0.39, 0.29) is 11.2 Å². The highest BCUT2D eigenvalue weighted by Gasteiger charge is 2.10. The Bertz CT molecular complexity index is 537. The Hall–Kier alpha value is -0.860. The Balaban J connectivity index is 2.13. The summed E-state index contributed by atoms with van der Waals surface area (Å²) in [7, 11) is 0. The molecule has 0 aliphatic rings. The summed E-state index contributed by atoms with van der Waals surface area (Å²) in [5.41, 5.74) is 3.29. The van der Waals surface area contributed by atoms with Gasteiger partial charge in [-0.3, -0.25) is 0 Å². The molecule has 0 aliphatic carbocycles. The highest BCUT2D eigenvalue weighted by molar-refractivity contribution is 9.10. The van der Waals surface area contributed by atoms with E-state index in [1.54, 1.807) is 12.1 Å². The van der Waals surface area contributed by atoms with Crippen LogP contribution in [-0.2, 0) is 6.42 Å². The van der Waals surface area contributed by atoms with Gasteiger partial charge in [-0.25, -0.2) is 4.39 Å². The van der Waals surface area contributed by atoms with Crippen molar-refractivity contribution < 1.29 is 4.39 Å². The lowest BCUT2D eigenvalue weighted by atomic mass is 10.0. The first kappa shape index (κ1) is 13.6. The maximum absolute atomic E-state index is 12.8. The fourth-order valence-electron chi connectivity index (χ4n) is 1.81. The molecular formula is C15H13BrClF. The molecule has 2 rings (SSSR count). The topological polar surface area (TPSA) is 0 Å². The van der Waals surface area contributed by atoms with Gasteiger partial charge in [0.15, 0.2) is 0 Å². The van der Waals surface area contributed by atoms with Crippen molar-refractivity contribution in [2.75, 3.05) is 0 Å². The van der Waals surface area contributed by atoms with Crippen LogP contribution >= 0.6 is 27.5 Å². The van der Waals surface area contributed by atoms with Gasteiger partial charge in [-0.1, -0.05) is 40.2 Å². The van der Waals surface area contributed by atoms with Crippen molar-refractivity contribution >= 4 is 27.5 Å². The van der Waals surface area contributed by atoms with Crippen molar-refractivity contribution in [3.05, 3.63) is 69.4 Å². The quantitative estimate of drug-likeness (QED) is 0.660. The van der Waals surface area contributed by atoms with Crippen LogP contribution in [0.25, 0.3) is 0 Å². The molecule has 18 heavy (non-hydrogen) atoms. The average molecular weight is 328 g/mol. The molecule has 0 saturated heterocycles. The lowest BCUT2D eigenvalue weighted by molar-refractivity contribution is 0.627. The van der Waals surface area contributed by atoms with Gasteiger partial charge in [0.2, 0.25) is 0 Å². The molecule has 1 atom stereocenters. The van der Waals surface area contributed by atoms with E-state index in [0.29, 0.717) is 6.42 Å². The average Bonchev–Trinajstić information content (AvgIpc) is 2.35. The van der Waals surface area contributed by atoms with E-state index in [9.17, 15) is 4.39 Å². The second-order valence-corrected chi connectivity index (χ2v) is 5.69. The number of alkyl halides is 1. The first-order valence-electron chi connectivity index (χ1n) is 5.71. The minimum Gasteiger partial charge on any atom is -0.207 e. The van der Waals surface area contributed by atoms with Crippen LogP contribution in [0.1, 0.15) is 22.1 Å². The number of hydrogen-bond donors (Lipinski definition) is 0. The maximum atomic E-state index is 12.8. The summed E-state index contributed by atoms with van der Waals surface area (Å²) < 4.78 is 13.9. The number of rotatable bonds is 3. The molecule has 0 amide bonds. The number of hydrogen-bond acceptors (Lipinski definition) is 0. The fraction of sp³-hybridized carbons (Fsp3) is 0.200. The molecule has 0 spiro atoms. The van der Waals surface area contributed by atoms with Gasteiger partial charge in [0.25, 0.3) is 0 Å². The van der Waals surface area contributed by atoms with E-state index in [4.69, 9.17) is 11.6 Å². The third-order valence-corrected chi connectivity index (χ3v) is 4.17. The highest BCUT2D eigenvalue weighted by atomic mass is 79.9. The predicted molar refractivity (Wildman–Crippen MR) is 77.6 cm³/mol. The molecular weight excluding hydrogens is 315 g/mol. The van der Waals surface area contributed by atoms with Crippen LogP contribution < -0.4 is 0 Å². The summed E-state index contributed by atoms with van der Waals surface area (Å²) in [5, 5.41) is -0.0951. The molecule has 3 heteroatoms. The predicted octanol–water partition coefficient (Wildman–Crippen LogP) is 5.42. The lowest BCUT2D eigenvalue weighted by Gasteiger charge is -2.11. The molecule has 0 N–H and O–H groups in total. The third kappa shape index (κ3) is 3.33. The zero-order chi connectivity index (χ0) is 13.1. The van der Waals surface area contributed by atoms with Gasteiger partial charge < -0.3 is 0 Å². The molecule has 2 aromatic rings. The fourth-order valence-corrected chi connectivity index (χ4v) is 2.37. The van der Waals surface area contributed by atoms with Crippen LogP contribution in [0.15, 0.2) is 46.9 Å². The lowest BCUT2D eigenvalue weighted by Crippen LogP contribution is -1.96. The van der Waals surface area contributed by atoms with E-state index < -0.39 is 0 Å². The van der Waals surface area contributed by atoms with Crippen LogP contribution in [0.3, 0.4) is 0 Å². The minimum atomic E-state index is -0.218. The summed E-state index contributed by atoms with van der Waals surface area (Å²) in [6.45, 7) is 2.04. The Morgan fingerprint density at radius 2 is 1.83 bits per heavy atom. The van der Waals surface area contributed by atoms with Gasteiger partial charge in [-0.05, 0) is 48.2 Å². The normalized spacial score (nSPS) is 12.4. The molecule has 0 heterocycles. The smallest absolute Gasteiger partial charge is 0.123 e. The SMILES string of the molecule is Cc1cc(C(Cl)Cc2ccc(F)cc2)ccc1Br. The Kier molecular flexibility index (Phi) is 4.41. The van der Waals surface area contributed by atoms with Gasteiger partial charge in [0.05, 0.1) is 5.38 Å². The van der Waals surface area contributed by atoms with Crippen molar-refractivity contribution in [3.8, 4) is 0 Å². The van der Waals surface area contributed by atoms with Crippen LogP contribution in [0.5, 0.6) is 0 Å². The van der Waals surface area contributed by atoms with Gasteiger partial charge >= 0.3 is 0 Å². The molecule has 0 radical (unpaired) electrons. The molecule has 1 unspecified atom stereocenters. The molecule has 0 fully saturated rings. The van der Waals surface area contributed by atoms with Gasteiger partial charge in [0, 0.05) is 4.47 Å². The van der Waals surface area contributed by atoms with Crippen LogP contribution in [0.2, 0.25) is 0 Å². The van der Waals surface area contributed by atoms with Crippen molar-refractivity contribution in [2.24, 2.45) is 0 Å². The third-order valence-electron chi connectivity index (χ3n) is 2.87. The van der Waals surface area contributed by atoms with Crippen LogP contribution in [-0.4, -0.2) is 0 Å². The van der Waals surface area contributed by atoms with E-state index >= 15 is 0 Å². The van der Waals surface area contributed by atoms with Gasteiger partial charge in [-0.2, -0.15) is 0 Å². The van der Waals surface area contributed by atoms with Gasteiger partial charge in [-0.15, -0.1) is 11.6 Å². The zero-order valence-electron chi connectivity index (χ0n) is 9.96. The zero-order valence-corrected chi connectivity index (χ0v) is 12.3. The number of benzene rings is 2. The molecule has 2 aromatic carbocycles. The summed E-state index contributed by atoms with van der Waals surface area (Å²) in [5.74, 6) is -0.218.